The number of hydrogen-bond acceptors (Lipinski definition) is 2. The van der Waals surface area contributed by atoms with Crippen molar-refractivity contribution >= 4 is 16.7 Å². The normalized spacial score (nSPS) is 11.5. The summed E-state index contributed by atoms with van der Waals surface area (Å²) in [6, 6.07) is 21.0. The van der Waals surface area contributed by atoms with Gasteiger partial charge < -0.3 is 10.6 Å². The molecule has 0 spiro atoms. The summed E-state index contributed by atoms with van der Waals surface area (Å²) >= 11 is 0. The van der Waals surface area contributed by atoms with E-state index in [1.807, 2.05) is 24.4 Å². The Kier molecular flexibility index (Phi) is 6.59. The van der Waals surface area contributed by atoms with Crippen LogP contribution < -0.4 is 10.6 Å². The molecule has 0 fully saturated rings. The third-order valence-electron chi connectivity index (χ3n) is 4.27. The van der Waals surface area contributed by atoms with Gasteiger partial charge in [0.15, 0.2) is 5.96 Å². The van der Waals surface area contributed by atoms with Crippen LogP contribution in [0.4, 0.5) is 0 Å². The highest BCUT2D eigenvalue weighted by atomic mass is 15.2. The van der Waals surface area contributed by atoms with Crippen LogP contribution in [0.15, 0.2) is 71.9 Å². The molecule has 0 atom stereocenters. The van der Waals surface area contributed by atoms with Gasteiger partial charge in [-0.3, -0.25) is 9.98 Å². The summed E-state index contributed by atoms with van der Waals surface area (Å²) in [7, 11) is 0. The fraction of sp³-hybridized carbons (Fsp3) is 0.273. The lowest BCUT2D eigenvalue weighted by atomic mass is 10.0. The molecule has 4 nitrogen and oxygen atoms in total. The smallest absolute Gasteiger partial charge is 0.191 e. The molecule has 4 heteroatoms. The van der Waals surface area contributed by atoms with Gasteiger partial charge >= 0.3 is 0 Å². The standard InChI is InChI=1S/C22H26N4/c1-2-23-22(26-17-14-20-11-5-6-15-24-20)25-16-13-19-10-7-9-18-8-3-4-12-21(18)19/h3-12,15H,2,13-14,16-17H2,1H3,(H2,23,25,26). The number of guanidine groups is 1. The van der Waals surface area contributed by atoms with Crippen molar-refractivity contribution in [3.05, 3.63) is 78.1 Å². The number of aliphatic imine (C=N–C) groups is 1. The molecule has 0 bridgehead atoms. The van der Waals surface area contributed by atoms with Gasteiger partial charge in [0.2, 0.25) is 0 Å². The predicted molar refractivity (Wildman–Crippen MR) is 110 cm³/mol. The minimum Gasteiger partial charge on any atom is -0.357 e. The van der Waals surface area contributed by atoms with Crippen LogP contribution in [0.5, 0.6) is 0 Å². The number of aromatic nitrogens is 1. The molecule has 2 N–H and O–H groups in total. The van der Waals surface area contributed by atoms with Gasteiger partial charge in [0, 0.05) is 37.9 Å². The van der Waals surface area contributed by atoms with E-state index < -0.39 is 0 Å². The lowest BCUT2D eigenvalue weighted by Gasteiger charge is -2.12. The zero-order chi connectivity index (χ0) is 18.0. The zero-order valence-electron chi connectivity index (χ0n) is 15.3. The maximum atomic E-state index is 4.66. The van der Waals surface area contributed by atoms with Crippen LogP contribution in [0, 0.1) is 0 Å². The van der Waals surface area contributed by atoms with E-state index >= 15 is 0 Å². The second-order valence-corrected chi connectivity index (χ2v) is 6.15. The van der Waals surface area contributed by atoms with E-state index in [1.54, 1.807) is 0 Å². The molecular weight excluding hydrogens is 320 g/mol. The van der Waals surface area contributed by atoms with Gasteiger partial charge in [-0.15, -0.1) is 0 Å². The van der Waals surface area contributed by atoms with E-state index in [1.165, 1.54) is 16.3 Å². The Morgan fingerprint density at radius 1 is 0.923 bits per heavy atom. The molecule has 0 saturated carbocycles. The lowest BCUT2D eigenvalue weighted by Crippen LogP contribution is -2.38. The van der Waals surface area contributed by atoms with Crippen molar-refractivity contribution in [1.82, 2.24) is 15.6 Å². The van der Waals surface area contributed by atoms with E-state index in [9.17, 15) is 0 Å². The Labute approximate surface area is 155 Å². The first-order valence-electron chi connectivity index (χ1n) is 9.25. The van der Waals surface area contributed by atoms with E-state index in [-0.39, 0.29) is 0 Å². The number of hydrogen-bond donors (Lipinski definition) is 2. The molecule has 0 radical (unpaired) electrons. The summed E-state index contributed by atoms with van der Waals surface area (Å²) in [6.07, 6.45) is 3.64. The molecule has 3 rings (SSSR count). The topological polar surface area (TPSA) is 49.3 Å². The molecule has 0 aliphatic carbocycles. The van der Waals surface area contributed by atoms with Gasteiger partial charge in [0.1, 0.15) is 0 Å². The number of nitrogens with one attached hydrogen (secondary N) is 2. The van der Waals surface area contributed by atoms with Crippen molar-refractivity contribution < 1.29 is 0 Å². The van der Waals surface area contributed by atoms with Crippen LogP contribution in [-0.2, 0) is 12.8 Å². The van der Waals surface area contributed by atoms with E-state index in [0.29, 0.717) is 0 Å². The molecule has 134 valence electrons. The third-order valence-corrected chi connectivity index (χ3v) is 4.27. The van der Waals surface area contributed by atoms with Gasteiger partial charge in [0.05, 0.1) is 0 Å². The minimum absolute atomic E-state index is 0.723. The van der Waals surface area contributed by atoms with Crippen LogP contribution in [-0.4, -0.2) is 30.6 Å². The molecule has 0 aliphatic heterocycles. The maximum absolute atomic E-state index is 4.66. The van der Waals surface area contributed by atoms with Crippen molar-refractivity contribution in [3.8, 4) is 0 Å². The monoisotopic (exact) mass is 346 g/mol. The summed E-state index contributed by atoms with van der Waals surface area (Å²) in [5.74, 6) is 0.865. The number of pyridine rings is 1. The minimum atomic E-state index is 0.723. The summed E-state index contributed by atoms with van der Waals surface area (Å²) in [5.41, 5.74) is 2.43. The first-order chi connectivity index (χ1) is 12.9. The third kappa shape index (κ3) is 5.06. The highest BCUT2D eigenvalue weighted by Gasteiger charge is 2.02. The predicted octanol–water partition coefficient (Wildman–Crippen LogP) is 3.58. The van der Waals surface area contributed by atoms with E-state index in [0.717, 1.165) is 44.1 Å². The largest absolute Gasteiger partial charge is 0.357 e. The van der Waals surface area contributed by atoms with Gasteiger partial charge in [0.25, 0.3) is 0 Å². The van der Waals surface area contributed by atoms with E-state index in [2.05, 4.69) is 70.0 Å². The van der Waals surface area contributed by atoms with Gasteiger partial charge in [-0.1, -0.05) is 48.5 Å². The fourth-order valence-corrected chi connectivity index (χ4v) is 3.00. The Balaban J connectivity index is 1.55. The van der Waals surface area contributed by atoms with Crippen molar-refractivity contribution in [2.45, 2.75) is 19.8 Å². The summed E-state index contributed by atoms with van der Waals surface area (Å²) < 4.78 is 0. The Morgan fingerprint density at radius 3 is 2.62 bits per heavy atom. The highest BCUT2D eigenvalue weighted by Crippen LogP contribution is 2.18. The van der Waals surface area contributed by atoms with E-state index in [4.69, 9.17) is 0 Å². The fourth-order valence-electron chi connectivity index (χ4n) is 3.00. The summed E-state index contributed by atoms with van der Waals surface area (Å²) in [6.45, 7) is 4.51. The summed E-state index contributed by atoms with van der Waals surface area (Å²) in [5, 5.41) is 9.37. The molecule has 1 heterocycles. The second kappa shape index (κ2) is 9.56. The number of fused-ring (bicyclic) bond motifs is 1. The molecule has 0 amide bonds. The average Bonchev–Trinajstić information content (AvgIpc) is 2.69. The Hall–Kier alpha value is -2.88. The van der Waals surface area contributed by atoms with Gasteiger partial charge in [-0.2, -0.15) is 0 Å². The molecule has 3 aromatic rings. The zero-order valence-corrected chi connectivity index (χ0v) is 15.3. The van der Waals surface area contributed by atoms with Crippen LogP contribution in [0.25, 0.3) is 10.8 Å². The van der Waals surface area contributed by atoms with Crippen molar-refractivity contribution in [2.75, 3.05) is 19.6 Å². The number of rotatable bonds is 7. The van der Waals surface area contributed by atoms with Crippen LogP contribution in [0.3, 0.4) is 0 Å². The van der Waals surface area contributed by atoms with Gasteiger partial charge in [-0.25, -0.2) is 0 Å². The SMILES string of the molecule is CCNC(=NCCc1ccccn1)NCCc1cccc2ccccc12. The summed E-state index contributed by atoms with van der Waals surface area (Å²) in [4.78, 5) is 9.00. The number of benzene rings is 2. The Morgan fingerprint density at radius 2 is 1.77 bits per heavy atom. The molecule has 0 unspecified atom stereocenters. The first kappa shape index (κ1) is 17.9. The van der Waals surface area contributed by atoms with Crippen LogP contribution in [0.2, 0.25) is 0 Å². The van der Waals surface area contributed by atoms with Crippen LogP contribution in [0.1, 0.15) is 18.2 Å². The second-order valence-electron chi connectivity index (χ2n) is 6.15. The molecular formula is C22H26N4. The molecule has 0 saturated heterocycles. The van der Waals surface area contributed by atoms with Gasteiger partial charge in [-0.05, 0) is 41.8 Å². The Bertz CT molecular complexity index is 838. The molecule has 26 heavy (non-hydrogen) atoms. The van der Waals surface area contributed by atoms with Crippen molar-refractivity contribution in [3.63, 3.8) is 0 Å². The maximum Gasteiger partial charge on any atom is 0.191 e. The lowest BCUT2D eigenvalue weighted by molar-refractivity contribution is 0.796. The highest BCUT2D eigenvalue weighted by molar-refractivity contribution is 5.85. The van der Waals surface area contributed by atoms with Crippen molar-refractivity contribution in [2.24, 2.45) is 4.99 Å². The number of nitrogens with zero attached hydrogens (tertiary/aromatic N) is 2. The molecule has 2 aromatic carbocycles. The molecule has 0 aliphatic rings. The van der Waals surface area contributed by atoms with Crippen LogP contribution >= 0.6 is 0 Å². The van der Waals surface area contributed by atoms with Crippen molar-refractivity contribution in [1.29, 1.82) is 0 Å². The average molecular weight is 346 g/mol. The quantitative estimate of drug-likeness (QED) is 0.508. The molecule has 1 aromatic heterocycles. The first-order valence-corrected chi connectivity index (χ1v) is 9.25.